The lowest BCUT2D eigenvalue weighted by Gasteiger charge is -2.17. The van der Waals surface area contributed by atoms with Gasteiger partial charge in [0.25, 0.3) is 0 Å². The lowest BCUT2D eigenvalue weighted by Crippen LogP contribution is -2.13. The Hall–Kier alpha value is -4.65. The third-order valence-electron chi connectivity index (χ3n) is 6.11. The summed E-state index contributed by atoms with van der Waals surface area (Å²) in [4.78, 5) is 29.1. The van der Waals surface area contributed by atoms with Gasteiger partial charge >= 0.3 is 5.97 Å². The molecule has 1 N–H and O–H groups in total. The molecule has 0 radical (unpaired) electrons. The van der Waals surface area contributed by atoms with Crippen LogP contribution in [0.25, 0.3) is 33.6 Å². The number of nitrogens with one attached hydrogen (secondary N) is 1. The number of aromatic nitrogens is 1. The SMILES string of the molecule is COc1ccc(-c2cc(-c3ccccc3)nc3c2CC(=O)Nc2ccccc2-3)cc1OCCOC(C)=O. The van der Waals surface area contributed by atoms with Crippen molar-refractivity contribution in [3.63, 3.8) is 0 Å². The van der Waals surface area contributed by atoms with Crippen molar-refractivity contribution >= 4 is 17.6 Å². The number of ether oxygens (including phenoxy) is 3. The van der Waals surface area contributed by atoms with Crippen LogP contribution in [-0.2, 0) is 20.7 Å². The van der Waals surface area contributed by atoms with Crippen LogP contribution in [0.2, 0.25) is 0 Å². The number of pyridine rings is 1. The van der Waals surface area contributed by atoms with Gasteiger partial charge in [-0.25, -0.2) is 4.98 Å². The van der Waals surface area contributed by atoms with E-state index >= 15 is 0 Å². The minimum atomic E-state index is -0.365. The molecule has 3 aromatic carbocycles. The van der Waals surface area contributed by atoms with E-state index in [-0.39, 0.29) is 31.5 Å². The standard InChI is InChI=1S/C30H26N2O5/c1-19(33)36-14-15-37-28-16-21(12-13-27(28)35-2)23-17-26(20-8-4-3-5-9-20)32-30-22-10-6-7-11-25(22)31-29(34)18-24(23)30/h3-13,16-17H,14-15,18H2,1-2H3,(H,31,34). The number of hydrogen-bond donors (Lipinski definition) is 1. The molecule has 4 aromatic rings. The second-order valence-corrected chi connectivity index (χ2v) is 8.57. The number of carbonyl (C=O) groups is 2. The first-order chi connectivity index (χ1) is 18.0. The monoisotopic (exact) mass is 494 g/mol. The van der Waals surface area contributed by atoms with Crippen molar-refractivity contribution < 1.29 is 23.8 Å². The summed E-state index contributed by atoms with van der Waals surface area (Å²) >= 11 is 0. The Balaban J connectivity index is 1.67. The number of carbonyl (C=O) groups excluding carboxylic acids is 2. The molecule has 7 nitrogen and oxygen atoms in total. The summed E-state index contributed by atoms with van der Waals surface area (Å²) in [6.45, 7) is 1.66. The zero-order valence-corrected chi connectivity index (χ0v) is 20.6. The average Bonchev–Trinajstić information content (AvgIpc) is 3.06. The normalized spacial score (nSPS) is 12.0. The molecule has 0 saturated carbocycles. The van der Waals surface area contributed by atoms with Crippen molar-refractivity contribution in [2.75, 3.05) is 25.6 Å². The highest BCUT2D eigenvalue weighted by atomic mass is 16.6. The Bertz CT molecular complexity index is 1470. The van der Waals surface area contributed by atoms with E-state index in [0.717, 1.165) is 44.9 Å². The largest absolute Gasteiger partial charge is 0.493 e. The Morgan fingerprint density at radius 3 is 2.46 bits per heavy atom. The minimum Gasteiger partial charge on any atom is -0.493 e. The molecule has 0 spiro atoms. The number of nitrogens with zero attached hydrogens (tertiary/aromatic N) is 1. The molecule has 186 valence electrons. The van der Waals surface area contributed by atoms with Gasteiger partial charge in [0, 0.05) is 18.1 Å². The summed E-state index contributed by atoms with van der Waals surface area (Å²) in [6.07, 6.45) is 0.177. The van der Waals surface area contributed by atoms with Crippen molar-refractivity contribution in [3.8, 4) is 45.1 Å². The molecule has 7 heteroatoms. The van der Waals surface area contributed by atoms with Crippen LogP contribution in [0.5, 0.6) is 11.5 Å². The van der Waals surface area contributed by atoms with Crippen molar-refractivity contribution in [2.24, 2.45) is 0 Å². The maximum Gasteiger partial charge on any atom is 0.302 e. The van der Waals surface area contributed by atoms with Crippen LogP contribution in [0.1, 0.15) is 12.5 Å². The van der Waals surface area contributed by atoms with Gasteiger partial charge in [0.1, 0.15) is 13.2 Å². The van der Waals surface area contributed by atoms with Crippen LogP contribution in [0.3, 0.4) is 0 Å². The molecule has 0 aliphatic carbocycles. The number of para-hydroxylation sites is 1. The van der Waals surface area contributed by atoms with Gasteiger partial charge in [0.15, 0.2) is 11.5 Å². The topological polar surface area (TPSA) is 86.8 Å². The number of amides is 1. The number of fused-ring (bicyclic) bond motifs is 3. The van der Waals surface area contributed by atoms with Crippen LogP contribution in [0.15, 0.2) is 78.9 Å². The molecule has 0 unspecified atom stereocenters. The van der Waals surface area contributed by atoms with E-state index < -0.39 is 0 Å². The summed E-state index contributed by atoms with van der Waals surface area (Å²) < 4.78 is 16.4. The average molecular weight is 495 g/mol. The van der Waals surface area contributed by atoms with Gasteiger partial charge in [-0.3, -0.25) is 9.59 Å². The van der Waals surface area contributed by atoms with Crippen molar-refractivity contribution in [1.29, 1.82) is 0 Å². The van der Waals surface area contributed by atoms with E-state index in [9.17, 15) is 9.59 Å². The molecule has 1 aromatic heterocycles. The first-order valence-corrected chi connectivity index (χ1v) is 12.0. The molecule has 1 aliphatic rings. The molecule has 0 saturated heterocycles. The third kappa shape index (κ3) is 5.16. The minimum absolute atomic E-state index is 0.104. The maximum atomic E-state index is 12.9. The Morgan fingerprint density at radius 2 is 1.68 bits per heavy atom. The van der Waals surface area contributed by atoms with E-state index in [1.807, 2.05) is 78.9 Å². The first kappa shape index (κ1) is 24.1. The first-order valence-electron chi connectivity index (χ1n) is 12.0. The van der Waals surface area contributed by atoms with Gasteiger partial charge < -0.3 is 19.5 Å². The molecule has 37 heavy (non-hydrogen) atoms. The molecule has 2 heterocycles. The molecule has 0 atom stereocenters. The van der Waals surface area contributed by atoms with Gasteiger partial charge in [-0.2, -0.15) is 0 Å². The fourth-order valence-corrected chi connectivity index (χ4v) is 4.44. The highest BCUT2D eigenvalue weighted by Crippen LogP contribution is 2.41. The van der Waals surface area contributed by atoms with Gasteiger partial charge in [-0.05, 0) is 41.0 Å². The Kier molecular flexibility index (Phi) is 6.85. The number of methoxy groups -OCH3 is 1. The van der Waals surface area contributed by atoms with Crippen molar-refractivity contribution in [3.05, 3.63) is 84.4 Å². The maximum absolute atomic E-state index is 12.9. The lowest BCUT2D eigenvalue weighted by atomic mass is 9.92. The van der Waals surface area contributed by atoms with E-state index in [4.69, 9.17) is 19.2 Å². The van der Waals surface area contributed by atoms with Crippen LogP contribution < -0.4 is 14.8 Å². The van der Waals surface area contributed by atoms with Gasteiger partial charge in [-0.1, -0.05) is 54.6 Å². The zero-order valence-electron chi connectivity index (χ0n) is 20.6. The number of rotatable bonds is 7. The van der Waals surface area contributed by atoms with Crippen molar-refractivity contribution in [1.82, 2.24) is 4.98 Å². The van der Waals surface area contributed by atoms with Gasteiger partial charge in [0.2, 0.25) is 5.91 Å². The molecule has 1 aliphatic heterocycles. The summed E-state index contributed by atoms with van der Waals surface area (Å²) in [7, 11) is 1.57. The molecule has 0 fully saturated rings. The number of benzene rings is 3. The van der Waals surface area contributed by atoms with E-state index in [2.05, 4.69) is 5.32 Å². The summed E-state index contributed by atoms with van der Waals surface area (Å²) in [5, 5.41) is 3.02. The second kappa shape index (κ2) is 10.5. The zero-order chi connectivity index (χ0) is 25.8. The van der Waals surface area contributed by atoms with E-state index in [1.165, 1.54) is 6.92 Å². The molecule has 5 rings (SSSR count). The summed E-state index contributed by atoms with van der Waals surface area (Å²) in [5.41, 5.74) is 6.70. The van der Waals surface area contributed by atoms with Crippen molar-refractivity contribution in [2.45, 2.75) is 13.3 Å². The predicted octanol–water partition coefficient (Wildman–Crippen LogP) is 5.53. The summed E-state index contributed by atoms with van der Waals surface area (Å²) in [6, 6.07) is 25.3. The highest BCUT2D eigenvalue weighted by molar-refractivity contribution is 6.02. The summed E-state index contributed by atoms with van der Waals surface area (Å²) in [5.74, 6) is 0.597. The van der Waals surface area contributed by atoms with Gasteiger partial charge in [-0.15, -0.1) is 0 Å². The number of hydrogen-bond acceptors (Lipinski definition) is 6. The van der Waals surface area contributed by atoms with Crippen LogP contribution in [0, 0.1) is 0 Å². The smallest absolute Gasteiger partial charge is 0.302 e. The lowest BCUT2D eigenvalue weighted by molar-refractivity contribution is -0.141. The fourth-order valence-electron chi connectivity index (χ4n) is 4.44. The Labute approximate surface area is 215 Å². The quantitative estimate of drug-likeness (QED) is 0.269. The fraction of sp³-hybridized carbons (Fsp3) is 0.167. The molecular weight excluding hydrogens is 468 g/mol. The van der Waals surface area contributed by atoms with Crippen LogP contribution >= 0.6 is 0 Å². The number of esters is 1. The van der Waals surface area contributed by atoms with E-state index in [1.54, 1.807) is 7.11 Å². The predicted molar refractivity (Wildman–Crippen MR) is 142 cm³/mol. The highest BCUT2D eigenvalue weighted by Gasteiger charge is 2.25. The Morgan fingerprint density at radius 1 is 0.892 bits per heavy atom. The third-order valence-corrected chi connectivity index (χ3v) is 6.11. The van der Waals surface area contributed by atoms with Gasteiger partial charge in [0.05, 0.1) is 30.6 Å². The molecular formula is C30H26N2O5. The van der Waals surface area contributed by atoms with E-state index in [0.29, 0.717) is 11.5 Å². The second-order valence-electron chi connectivity index (χ2n) is 8.57. The van der Waals surface area contributed by atoms with Crippen LogP contribution in [-0.4, -0.2) is 37.2 Å². The number of anilines is 1. The van der Waals surface area contributed by atoms with Crippen LogP contribution in [0.4, 0.5) is 5.69 Å². The molecule has 0 bridgehead atoms. The molecule has 1 amide bonds.